The number of aliphatic carboxylic acids is 1. The fourth-order valence-electron chi connectivity index (χ4n) is 1.90. The second-order valence-corrected chi connectivity index (χ2v) is 4.44. The molecule has 0 atom stereocenters. The Hall–Kier alpha value is -1.92. The van der Waals surface area contributed by atoms with Crippen molar-refractivity contribution in [1.82, 2.24) is 20.3 Å². The standard InChI is InChI=1S/C10H14N4O3/c1-6-2-7(3-6)11-10(17)8-4-14(13-12-8)5-9(15)16/h4,6-7H,2-3,5H2,1H3,(H,11,17)(H,15,16). The molecule has 92 valence electrons. The molecule has 1 heterocycles. The molecule has 1 aromatic heterocycles. The summed E-state index contributed by atoms with van der Waals surface area (Å²) in [6, 6.07) is 0.210. The predicted molar refractivity (Wildman–Crippen MR) is 57.3 cm³/mol. The lowest BCUT2D eigenvalue weighted by atomic mass is 9.82. The summed E-state index contributed by atoms with van der Waals surface area (Å²) in [6.45, 7) is 1.84. The Balaban J connectivity index is 1.90. The summed E-state index contributed by atoms with van der Waals surface area (Å²) in [5.41, 5.74) is 0.158. The van der Waals surface area contributed by atoms with Gasteiger partial charge in [-0.25, -0.2) is 4.68 Å². The van der Waals surface area contributed by atoms with E-state index in [9.17, 15) is 9.59 Å². The number of rotatable bonds is 4. The Morgan fingerprint density at radius 3 is 2.88 bits per heavy atom. The second kappa shape index (κ2) is 4.52. The van der Waals surface area contributed by atoms with E-state index in [4.69, 9.17) is 5.11 Å². The van der Waals surface area contributed by atoms with Gasteiger partial charge in [-0.05, 0) is 18.8 Å². The van der Waals surface area contributed by atoms with E-state index < -0.39 is 5.97 Å². The molecule has 2 N–H and O–H groups in total. The molecule has 1 aliphatic rings. The third kappa shape index (κ3) is 2.80. The maximum atomic E-state index is 11.7. The van der Waals surface area contributed by atoms with E-state index in [1.54, 1.807) is 0 Å². The zero-order chi connectivity index (χ0) is 12.4. The van der Waals surface area contributed by atoms with Gasteiger partial charge in [-0.15, -0.1) is 5.10 Å². The van der Waals surface area contributed by atoms with E-state index >= 15 is 0 Å². The summed E-state index contributed by atoms with van der Waals surface area (Å²) >= 11 is 0. The highest BCUT2D eigenvalue weighted by atomic mass is 16.4. The van der Waals surface area contributed by atoms with Crippen LogP contribution in [0.15, 0.2) is 6.20 Å². The number of nitrogens with zero attached hydrogens (tertiary/aromatic N) is 3. The minimum atomic E-state index is -1.02. The average Bonchev–Trinajstić information content (AvgIpc) is 2.62. The van der Waals surface area contributed by atoms with Gasteiger partial charge in [0.15, 0.2) is 5.69 Å². The molecule has 0 saturated heterocycles. The van der Waals surface area contributed by atoms with Crippen molar-refractivity contribution in [3.05, 3.63) is 11.9 Å². The number of hydrogen-bond acceptors (Lipinski definition) is 4. The smallest absolute Gasteiger partial charge is 0.325 e. The molecule has 0 aromatic carbocycles. The molecule has 17 heavy (non-hydrogen) atoms. The van der Waals surface area contributed by atoms with Gasteiger partial charge in [0.2, 0.25) is 0 Å². The highest BCUT2D eigenvalue weighted by Gasteiger charge is 2.27. The van der Waals surface area contributed by atoms with Crippen LogP contribution in [0, 0.1) is 5.92 Å². The number of carbonyl (C=O) groups excluding carboxylic acids is 1. The molecule has 7 nitrogen and oxygen atoms in total. The number of carboxylic acid groups (broad SMARTS) is 1. The Bertz CT molecular complexity index is 437. The number of aromatic nitrogens is 3. The van der Waals surface area contributed by atoms with Crippen molar-refractivity contribution in [1.29, 1.82) is 0 Å². The first-order valence-electron chi connectivity index (χ1n) is 5.47. The summed E-state index contributed by atoms with van der Waals surface area (Å²) in [4.78, 5) is 22.1. The highest BCUT2D eigenvalue weighted by Crippen LogP contribution is 2.26. The molecule has 7 heteroatoms. The summed E-state index contributed by atoms with van der Waals surface area (Å²) in [5.74, 6) is -0.656. The van der Waals surface area contributed by atoms with Gasteiger partial charge in [0.05, 0.1) is 6.20 Å². The summed E-state index contributed by atoms with van der Waals surface area (Å²) in [5, 5.41) is 18.6. The van der Waals surface area contributed by atoms with Crippen molar-refractivity contribution in [3.63, 3.8) is 0 Å². The monoisotopic (exact) mass is 238 g/mol. The molecule has 0 unspecified atom stereocenters. The van der Waals surface area contributed by atoms with Gasteiger partial charge in [-0.3, -0.25) is 9.59 Å². The SMILES string of the molecule is CC1CC(NC(=O)c2cn(CC(=O)O)nn2)C1. The summed E-state index contributed by atoms with van der Waals surface area (Å²) in [7, 11) is 0. The van der Waals surface area contributed by atoms with Gasteiger partial charge in [0.25, 0.3) is 5.91 Å². The molecular formula is C10H14N4O3. The normalized spacial score (nSPS) is 22.9. The average molecular weight is 238 g/mol. The zero-order valence-electron chi connectivity index (χ0n) is 9.46. The highest BCUT2D eigenvalue weighted by molar-refractivity contribution is 5.92. The summed E-state index contributed by atoms with van der Waals surface area (Å²) in [6.07, 6.45) is 3.30. The van der Waals surface area contributed by atoms with Gasteiger partial charge in [-0.2, -0.15) is 0 Å². The van der Waals surface area contributed by atoms with Crippen LogP contribution in [0.5, 0.6) is 0 Å². The quantitative estimate of drug-likeness (QED) is 0.762. The molecule has 2 rings (SSSR count). The Labute approximate surface area is 97.8 Å². The molecule has 0 spiro atoms. The number of nitrogens with one attached hydrogen (secondary N) is 1. The third-order valence-electron chi connectivity index (χ3n) is 2.78. The Kier molecular flexibility index (Phi) is 3.08. The molecule has 1 amide bonds. The topological polar surface area (TPSA) is 97.1 Å². The second-order valence-electron chi connectivity index (χ2n) is 4.44. The molecule has 0 bridgehead atoms. The van der Waals surface area contributed by atoms with Crippen molar-refractivity contribution in [2.24, 2.45) is 5.92 Å². The molecular weight excluding hydrogens is 224 g/mol. The van der Waals surface area contributed by atoms with E-state index in [0.717, 1.165) is 17.5 Å². The first-order chi connectivity index (χ1) is 8.04. The number of amides is 1. The first kappa shape index (κ1) is 11.6. The van der Waals surface area contributed by atoms with Gasteiger partial charge >= 0.3 is 5.97 Å². The van der Waals surface area contributed by atoms with Crippen LogP contribution in [0.25, 0.3) is 0 Å². The fourth-order valence-corrected chi connectivity index (χ4v) is 1.90. The fraction of sp³-hybridized carbons (Fsp3) is 0.600. The molecule has 1 fully saturated rings. The maximum Gasteiger partial charge on any atom is 0.325 e. The van der Waals surface area contributed by atoms with E-state index in [1.807, 2.05) is 0 Å². The van der Waals surface area contributed by atoms with E-state index in [2.05, 4.69) is 22.6 Å². The zero-order valence-corrected chi connectivity index (χ0v) is 9.46. The lowest BCUT2D eigenvalue weighted by molar-refractivity contribution is -0.137. The lowest BCUT2D eigenvalue weighted by Gasteiger charge is -2.32. The number of hydrogen-bond donors (Lipinski definition) is 2. The molecule has 1 saturated carbocycles. The minimum Gasteiger partial charge on any atom is -0.480 e. The van der Waals surface area contributed by atoms with Crippen molar-refractivity contribution in [2.75, 3.05) is 0 Å². The predicted octanol–water partition coefficient (Wildman–Crippen LogP) is -0.109. The van der Waals surface area contributed by atoms with Crippen LogP contribution < -0.4 is 5.32 Å². The van der Waals surface area contributed by atoms with Gasteiger partial charge in [0.1, 0.15) is 6.54 Å². The van der Waals surface area contributed by atoms with Crippen molar-refractivity contribution in [2.45, 2.75) is 32.4 Å². The van der Waals surface area contributed by atoms with Crippen molar-refractivity contribution < 1.29 is 14.7 Å². The van der Waals surface area contributed by atoms with Crippen LogP contribution >= 0.6 is 0 Å². The molecule has 1 aromatic rings. The van der Waals surface area contributed by atoms with Crippen LogP contribution in [0.4, 0.5) is 0 Å². The third-order valence-corrected chi connectivity index (χ3v) is 2.78. The van der Waals surface area contributed by atoms with Gasteiger partial charge in [0, 0.05) is 6.04 Å². The van der Waals surface area contributed by atoms with Crippen molar-refractivity contribution >= 4 is 11.9 Å². The van der Waals surface area contributed by atoms with Crippen LogP contribution in [0.3, 0.4) is 0 Å². The van der Waals surface area contributed by atoms with Crippen LogP contribution in [0.1, 0.15) is 30.3 Å². The Morgan fingerprint density at radius 2 is 2.29 bits per heavy atom. The number of carboxylic acids is 1. The molecule has 0 radical (unpaired) electrons. The van der Waals surface area contributed by atoms with E-state index in [0.29, 0.717) is 5.92 Å². The van der Waals surface area contributed by atoms with Gasteiger partial charge < -0.3 is 10.4 Å². The lowest BCUT2D eigenvalue weighted by Crippen LogP contribution is -2.43. The van der Waals surface area contributed by atoms with Crippen molar-refractivity contribution in [3.8, 4) is 0 Å². The summed E-state index contributed by atoms with van der Waals surface area (Å²) < 4.78 is 1.13. The van der Waals surface area contributed by atoms with Crippen LogP contribution in [-0.4, -0.2) is 38.0 Å². The Morgan fingerprint density at radius 1 is 1.59 bits per heavy atom. The maximum absolute atomic E-state index is 11.7. The largest absolute Gasteiger partial charge is 0.480 e. The van der Waals surface area contributed by atoms with Crippen LogP contribution in [-0.2, 0) is 11.3 Å². The number of carbonyl (C=O) groups is 2. The minimum absolute atomic E-state index is 0.158. The van der Waals surface area contributed by atoms with E-state index in [-0.39, 0.29) is 24.2 Å². The molecule has 1 aliphatic carbocycles. The van der Waals surface area contributed by atoms with E-state index in [1.165, 1.54) is 6.20 Å². The van der Waals surface area contributed by atoms with Crippen LogP contribution in [0.2, 0.25) is 0 Å². The molecule has 0 aliphatic heterocycles. The first-order valence-corrected chi connectivity index (χ1v) is 5.47. The van der Waals surface area contributed by atoms with Gasteiger partial charge in [-0.1, -0.05) is 12.1 Å².